The summed E-state index contributed by atoms with van der Waals surface area (Å²) >= 11 is 0. The molecular weight excluding hydrogens is 354 g/mol. The Morgan fingerprint density at radius 3 is 2.61 bits per heavy atom. The normalized spacial score (nSPS) is 18.3. The van der Waals surface area contributed by atoms with E-state index in [0.29, 0.717) is 24.6 Å². The Morgan fingerprint density at radius 1 is 1.00 bits per heavy atom. The number of benzene rings is 2. The number of nitrogens with one attached hydrogen (secondary N) is 1. The lowest BCUT2D eigenvalue weighted by Gasteiger charge is -2.30. The molecule has 1 atom stereocenters. The Bertz CT molecular complexity index is 999. The zero-order valence-corrected chi connectivity index (χ0v) is 15.4. The Morgan fingerprint density at radius 2 is 1.75 bits per heavy atom. The summed E-state index contributed by atoms with van der Waals surface area (Å²) in [7, 11) is 0. The fourth-order valence-electron chi connectivity index (χ4n) is 3.88. The molecule has 1 N–H and O–H groups in total. The molecule has 1 aromatic heterocycles. The van der Waals surface area contributed by atoms with Gasteiger partial charge in [0.05, 0.1) is 5.69 Å². The molecule has 0 aliphatic carbocycles. The van der Waals surface area contributed by atoms with E-state index in [-0.39, 0.29) is 12.5 Å². The minimum atomic E-state index is -0.599. The lowest BCUT2D eigenvalue weighted by Crippen LogP contribution is -2.47. The van der Waals surface area contributed by atoms with Crippen LogP contribution in [-0.4, -0.2) is 46.8 Å². The molecule has 3 aromatic rings. The van der Waals surface area contributed by atoms with Crippen molar-refractivity contribution >= 4 is 5.91 Å². The third-order valence-corrected chi connectivity index (χ3v) is 5.36. The van der Waals surface area contributed by atoms with Crippen LogP contribution in [0.5, 0.6) is 11.5 Å². The number of fused-ring (bicyclic) bond motifs is 2. The van der Waals surface area contributed by atoms with Gasteiger partial charge in [-0.1, -0.05) is 42.5 Å². The molecule has 0 radical (unpaired) electrons. The Hall–Kier alpha value is -3.28. The number of para-hydroxylation sites is 2. The van der Waals surface area contributed by atoms with Gasteiger partial charge in [-0.25, -0.2) is 0 Å². The highest BCUT2D eigenvalue weighted by Gasteiger charge is 2.32. The maximum atomic E-state index is 13.0. The highest BCUT2D eigenvalue weighted by Crippen LogP contribution is 2.32. The number of amides is 1. The molecule has 3 heterocycles. The van der Waals surface area contributed by atoms with E-state index >= 15 is 0 Å². The van der Waals surface area contributed by atoms with E-state index in [1.807, 2.05) is 47.4 Å². The summed E-state index contributed by atoms with van der Waals surface area (Å²) in [5.41, 5.74) is 4.39. The van der Waals surface area contributed by atoms with Crippen LogP contribution in [0.15, 0.2) is 54.6 Å². The minimum Gasteiger partial charge on any atom is -0.485 e. The van der Waals surface area contributed by atoms with Crippen LogP contribution in [0.1, 0.15) is 11.3 Å². The zero-order valence-electron chi connectivity index (χ0n) is 15.4. The fourth-order valence-corrected chi connectivity index (χ4v) is 3.88. The van der Waals surface area contributed by atoms with Crippen LogP contribution in [0, 0.1) is 0 Å². The quantitative estimate of drug-likeness (QED) is 0.748. The molecule has 2 aromatic carbocycles. The summed E-state index contributed by atoms with van der Waals surface area (Å²) in [4.78, 5) is 14.9. The van der Waals surface area contributed by atoms with Gasteiger partial charge in [-0.05, 0) is 18.6 Å². The van der Waals surface area contributed by atoms with E-state index in [1.54, 1.807) is 0 Å². The average Bonchev–Trinajstić information content (AvgIpc) is 3.05. The van der Waals surface area contributed by atoms with E-state index in [0.717, 1.165) is 29.8 Å². The SMILES string of the molecule is O=C(C1COc2ccccc2O1)N1CCc2[nH]nc(-c3ccccc3)c2CC1. The van der Waals surface area contributed by atoms with Crippen LogP contribution in [-0.2, 0) is 17.6 Å². The number of hydrogen-bond donors (Lipinski definition) is 1. The number of hydrogen-bond acceptors (Lipinski definition) is 4. The fraction of sp³-hybridized carbons (Fsp3) is 0.273. The van der Waals surface area contributed by atoms with Crippen molar-refractivity contribution in [2.45, 2.75) is 18.9 Å². The first-order chi connectivity index (χ1) is 13.8. The standard InChI is InChI=1S/C22H21N3O3/c26-22(20-14-27-18-8-4-5-9-19(18)28-20)25-12-10-16-17(11-13-25)23-24-21(16)15-6-2-1-3-7-15/h1-9,20H,10-14H2,(H,23,24). The van der Waals surface area contributed by atoms with Gasteiger partial charge < -0.3 is 14.4 Å². The van der Waals surface area contributed by atoms with Crippen molar-refractivity contribution in [2.75, 3.05) is 19.7 Å². The molecule has 0 fully saturated rings. The second kappa shape index (κ2) is 7.03. The van der Waals surface area contributed by atoms with Crippen LogP contribution < -0.4 is 9.47 Å². The molecule has 0 saturated heterocycles. The third kappa shape index (κ3) is 3.01. The second-order valence-electron chi connectivity index (χ2n) is 7.08. The van der Waals surface area contributed by atoms with E-state index in [2.05, 4.69) is 22.3 Å². The van der Waals surface area contributed by atoms with Gasteiger partial charge in [0.15, 0.2) is 11.5 Å². The summed E-state index contributed by atoms with van der Waals surface area (Å²) in [5, 5.41) is 7.69. The first kappa shape index (κ1) is 16.9. The van der Waals surface area contributed by atoms with Crippen molar-refractivity contribution in [3.63, 3.8) is 0 Å². The first-order valence-corrected chi connectivity index (χ1v) is 9.58. The number of nitrogens with zero attached hydrogens (tertiary/aromatic N) is 2. The number of carbonyl (C=O) groups excluding carboxylic acids is 1. The summed E-state index contributed by atoms with van der Waals surface area (Å²) in [5.74, 6) is 1.30. The van der Waals surface area contributed by atoms with E-state index in [9.17, 15) is 4.79 Å². The van der Waals surface area contributed by atoms with E-state index < -0.39 is 6.10 Å². The number of ether oxygens (including phenoxy) is 2. The predicted molar refractivity (Wildman–Crippen MR) is 104 cm³/mol. The molecule has 142 valence electrons. The van der Waals surface area contributed by atoms with Crippen LogP contribution in [0.2, 0.25) is 0 Å². The van der Waals surface area contributed by atoms with Gasteiger partial charge in [-0.3, -0.25) is 9.89 Å². The van der Waals surface area contributed by atoms with Gasteiger partial charge in [-0.2, -0.15) is 5.10 Å². The predicted octanol–water partition coefficient (Wildman–Crippen LogP) is 2.84. The highest BCUT2D eigenvalue weighted by atomic mass is 16.6. The second-order valence-corrected chi connectivity index (χ2v) is 7.08. The Labute approximate surface area is 163 Å². The van der Waals surface area contributed by atoms with Gasteiger partial charge in [0.2, 0.25) is 6.10 Å². The number of aromatic nitrogens is 2. The van der Waals surface area contributed by atoms with Crippen LogP contribution in [0.4, 0.5) is 0 Å². The molecule has 6 nitrogen and oxygen atoms in total. The smallest absolute Gasteiger partial charge is 0.267 e. The van der Waals surface area contributed by atoms with Gasteiger partial charge in [-0.15, -0.1) is 0 Å². The summed E-state index contributed by atoms with van der Waals surface area (Å²) < 4.78 is 11.6. The summed E-state index contributed by atoms with van der Waals surface area (Å²) in [6, 6.07) is 17.6. The van der Waals surface area contributed by atoms with Crippen LogP contribution >= 0.6 is 0 Å². The maximum Gasteiger partial charge on any atom is 0.267 e. The Balaban J connectivity index is 1.31. The number of carbonyl (C=O) groups is 1. The molecule has 1 unspecified atom stereocenters. The number of aromatic amines is 1. The van der Waals surface area contributed by atoms with E-state index in [1.165, 1.54) is 5.56 Å². The molecule has 5 rings (SSSR count). The third-order valence-electron chi connectivity index (χ3n) is 5.36. The molecule has 28 heavy (non-hydrogen) atoms. The first-order valence-electron chi connectivity index (χ1n) is 9.58. The van der Waals surface area contributed by atoms with Crippen molar-refractivity contribution in [1.29, 1.82) is 0 Å². The van der Waals surface area contributed by atoms with Crippen molar-refractivity contribution in [3.8, 4) is 22.8 Å². The van der Waals surface area contributed by atoms with Crippen LogP contribution in [0.3, 0.4) is 0 Å². The van der Waals surface area contributed by atoms with Gasteiger partial charge in [0.25, 0.3) is 5.91 Å². The lowest BCUT2D eigenvalue weighted by atomic mass is 10.0. The number of rotatable bonds is 2. The number of H-pyrrole nitrogens is 1. The monoisotopic (exact) mass is 375 g/mol. The lowest BCUT2D eigenvalue weighted by molar-refractivity contribution is -0.141. The molecular formula is C22H21N3O3. The summed E-state index contributed by atoms with van der Waals surface area (Å²) in [6.07, 6.45) is 0.926. The highest BCUT2D eigenvalue weighted by molar-refractivity contribution is 5.82. The van der Waals surface area contributed by atoms with Crippen molar-refractivity contribution in [3.05, 3.63) is 65.9 Å². The minimum absolute atomic E-state index is 0.0196. The molecule has 1 amide bonds. The summed E-state index contributed by atoms with van der Waals surface area (Å²) in [6.45, 7) is 1.53. The molecule has 0 saturated carbocycles. The van der Waals surface area contributed by atoms with Gasteiger partial charge in [0, 0.05) is 36.3 Å². The maximum absolute atomic E-state index is 13.0. The van der Waals surface area contributed by atoms with Gasteiger partial charge in [0.1, 0.15) is 6.61 Å². The van der Waals surface area contributed by atoms with Crippen molar-refractivity contribution in [2.24, 2.45) is 0 Å². The van der Waals surface area contributed by atoms with Crippen LogP contribution in [0.25, 0.3) is 11.3 Å². The molecule has 2 aliphatic heterocycles. The molecule has 0 bridgehead atoms. The van der Waals surface area contributed by atoms with Gasteiger partial charge >= 0.3 is 0 Å². The largest absolute Gasteiger partial charge is 0.485 e. The topological polar surface area (TPSA) is 67.5 Å². The van der Waals surface area contributed by atoms with E-state index in [4.69, 9.17) is 9.47 Å². The van der Waals surface area contributed by atoms with Crippen molar-refractivity contribution < 1.29 is 14.3 Å². The Kier molecular flexibility index (Phi) is 4.24. The average molecular weight is 375 g/mol. The molecule has 6 heteroatoms. The zero-order chi connectivity index (χ0) is 18.9. The molecule has 0 spiro atoms. The van der Waals surface area contributed by atoms with Crippen molar-refractivity contribution in [1.82, 2.24) is 15.1 Å². The molecule has 2 aliphatic rings.